The average molecular weight is 375 g/mol. The van der Waals surface area contributed by atoms with Gasteiger partial charge in [0, 0.05) is 18.6 Å². The molecule has 0 unspecified atom stereocenters. The third-order valence-corrected chi connectivity index (χ3v) is 6.49. The SMILES string of the molecule is NC(=O)C(O)=Cc1ccn(S(=O)(=O)c2ccc(-c3ccccn3)s2)c1. The lowest BCUT2D eigenvalue weighted by molar-refractivity contribution is -0.116. The molecule has 3 rings (SSSR count). The summed E-state index contributed by atoms with van der Waals surface area (Å²) in [5.41, 5.74) is 5.96. The van der Waals surface area contributed by atoms with Crippen molar-refractivity contribution in [1.29, 1.82) is 0 Å². The highest BCUT2D eigenvalue weighted by Crippen LogP contribution is 2.30. The number of hydrogen-bond donors (Lipinski definition) is 2. The highest BCUT2D eigenvalue weighted by Gasteiger charge is 2.20. The summed E-state index contributed by atoms with van der Waals surface area (Å²) in [6.07, 6.45) is 5.35. The van der Waals surface area contributed by atoms with Gasteiger partial charge in [-0.1, -0.05) is 6.07 Å². The molecule has 0 spiro atoms. The molecule has 3 aromatic rings. The van der Waals surface area contributed by atoms with Crippen LogP contribution in [0.25, 0.3) is 16.6 Å². The fourth-order valence-electron chi connectivity index (χ4n) is 2.07. The number of carbonyl (C=O) groups is 1. The van der Waals surface area contributed by atoms with Crippen LogP contribution in [0.15, 0.2) is 65.0 Å². The zero-order valence-electron chi connectivity index (χ0n) is 12.7. The zero-order chi connectivity index (χ0) is 18.0. The van der Waals surface area contributed by atoms with E-state index < -0.39 is 21.7 Å². The first-order valence-corrected chi connectivity index (χ1v) is 9.29. The number of aliphatic hydroxyl groups is 1. The lowest BCUT2D eigenvalue weighted by Crippen LogP contribution is -2.13. The molecule has 0 aliphatic carbocycles. The molecule has 7 nitrogen and oxygen atoms in total. The topological polar surface area (TPSA) is 115 Å². The molecule has 128 valence electrons. The summed E-state index contributed by atoms with van der Waals surface area (Å²) < 4.78 is 26.5. The maximum absolute atomic E-state index is 12.7. The minimum atomic E-state index is -3.78. The Hall–Kier alpha value is -2.91. The van der Waals surface area contributed by atoms with E-state index in [4.69, 9.17) is 5.73 Å². The van der Waals surface area contributed by atoms with Gasteiger partial charge in [-0.05, 0) is 42.0 Å². The monoisotopic (exact) mass is 375 g/mol. The molecule has 3 N–H and O–H groups in total. The van der Waals surface area contributed by atoms with Gasteiger partial charge < -0.3 is 10.8 Å². The number of carbonyl (C=O) groups excluding carboxylic acids is 1. The molecule has 25 heavy (non-hydrogen) atoms. The van der Waals surface area contributed by atoms with E-state index >= 15 is 0 Å². The first-order chi connectivity index (χ1) is 11.9. The molecule has 3 heterocycles. The van der Waals surface area contributed by atoms with Crippen LogP contribution in [0.3, 0.4) is 0 Å². The van der Waals surface area contributed by atoms with E-state index in [-0.39, 0.29) is 4.21 Å². The maximum Gasteiger partial charge on any atom is 0.283 e. The Morgan fingerprint density at radius 2 is 2.04 bits per heavy atom. The molecule has 0 aliphatic heterocycles. The number of amides is 1. The van der Waals surface area contributed by atoms with Crippen molar-refractivity contribution in [1.82, 2.24) is 8.96 Å². The summed E-state index contributed by atoms with van der Waals surface area (Å²) >= 11 is 1.11. The standard InChI is InChI=1S/C16H13N3O4S2/c17-16(21)13(20)9-11-6-8-19(10-11)25(22,23)15-5-4-14(24-15)12-3-1-2-7-18-12/h1-10,20H,(H2,17,21). The number of primary amides is 1. The normalized spacial score (nSPS) is 12.2. The Balaban J connectivity index is 1.93. The number of nitrogens with two attached hydrogens (primary N) is 1. The minimum absolute atomic E-state index is 0.151. The summed E-state index contributed by atoms with van der Waals surface area (Å²) in [4.78, 5) is 15.8. The molecular weight excluding hydrogens is 362 g/mol. The van der Waals surface area contributed by atoms with Crippen LogP contribution in [0.2, 0.25) is 0 Å². The van der Waals surface area contributed by atoms with Gasteiger partial charge in [0.2, 0.25) is 0 Å². The fourth-order valence-corrected chi connectivity index (χ4v) is 4.66. The van der Waals surface area contributed by atoms with Gasteiger partial charge in [0.25, 0.3) is 15.9 Å². The van der Waals surface area contributed by atoms with Crippen molar-refractivity contribution in [2.45, 2.75) is 4.21 Å². The molecule has 0 saturated heterocycles. The molecule has 0 atom stereocenters. The third-order valence-electron chi connectivity index (χ3n) is 3.28. The van der Waals surface area contributed by atoms with Gasteiger partial charge in [-0.3, -0.25) is 9.78 Å². The van der Waals surface area contributed by atoms with Crippen LogP contribution in [-0.2, 0) is 14.8 Å². The molecule has 0 aliphatic rings. The Morgan fingerprint density at radius 1 is 1.24 bits per heavy atom. The average Bonchev–Trinajstić information content (AvgIpc) is 3.25. The van der Waals surface area contributed by atoms with Crippen LogP contribution in [0.4, 0.5) is 0 Å². The first-order valence-electron chi connectivity index (χ1n) is 7.03. The van der Waals surface area contributed by atoms with Crippen LogP contribution in [-0.4, -0.2) is 28.4 Å². The van der Waals surface area contributed by atoms with E-state index in [1.807, 2.05) is 6.07 Å². The third kappa shape index (κ3) is 3.47. The summed E-state index contributed by atoms with van der Waals surface area (Å²) in [6.45, 7) is 0. The number of pyridine rings is 1. The van der Waals surface area contributed by atoms with Gasteiger partial charge in [0.15, 0.2) is 5.76 Å². The Bertz CT molecular complexity index is 1050. The number of aliphatic hydroxyl groups excluding tert-OH is 1. The van der Waals surface area contributed by atoms with E-state index in [0.717, 1.165) is 26.3 Å². The number of thiophene rings is 1. The predicted octanol–water partition coefficient (Wildman–Crippen LogP) is 2.23. The summed E-state index contributed by atoms with van der Waals surface area (Å²) in [6, 6.07) is 10.1. The van der Waals surface area contributed by atoms with Crippen molar-refractivity contribution in [2.75, 3.05) is 0 Å². The van der Waals surface area contributed by atoms with Crippen molar-refractivity contribution in [3.05, 3.63) is 66.3 Å². The maximum atomic E-state index is 12.7. The molecule has 0 fully saturated rings. The highest BCUT2D eigenvalue weighted by molar-refractivity contribution is 7.92. The van der Waals surface area contributed by atoms with Crippen molar-refractivity contribution in [3.63, 3.8) is 0 Å². The van der Waals surface area contributed by atoms with Crippen LogP contribution >= 0.6 is 11.3 Å². The number of rotatable bonds is 5. The van der Waals surface area contributed by atoms with Gasteiger partial charge in [-0.25, -0.2) is 3.97 Å². The van der Waals surface area contributed by atoms with Crippen LogP contribution < -0.4 is 5.73 Å². The zero-order valence-corrected chi connectivity index (χ0v) is 14.4. The predicted molar refractivity (Wildman–Crippen MR) is 94.4 cm³/mol. The smallest absolute Gasteiger partial charge is 0.283 e. The molecule has 0 radical (unpaired) electrons. The molecule has 9 heteroatoms. The van der Waals surface area contributed by atoms with E-state index in [9.17, 15) is 18.3 Å². The van der Waals surface area contributed by atoms with Crippen LogP contribution in [0.1, 0.15) is 5.56 Å². The summed E-state index contributed by atoms with van der Waals surface area (Å²) in [5.74, 6) is -1.64. The Kier molecular flexibility index (Phi) is 4.43. The lowest BCUT2D eigenvalue weighted by atomic mass is 10.3. The van der Waals surface area contributed by atoms with E-state index in [1.54, 1.807) is 24.4 Å². The summed E-state index contributed by atoms with van der Waals surface area (Å²) in [7, 11) is -3.78. The van der Waals surface area contributed by atoms with E-state index in [1.165, 1.54) is 24.5 Å². The second-order valence-electron chi connectivity index (χ2n) is 5.01. The fraction of sp³-hybridized carbons (Fsp3) is 0. The summed E-state index contributed by atoms with van der Waals surface area (Å²) in [5, 5.41) is 9.36. The van der Waals surface area contributed by atoms with Gasteiger partial charge >= 0.3 is 0 Å². The van der Waals surface area contributed by atoms with E-state index in [0.29, 0.717) is 11.3 Å². The van der Waals surface area contributed by atoms with E-state index in [2.05, 4.69) is 4.98 Å². The van der Waals surface area contributed by atoms with Gasteiger partial charge in [-0.15, -0.1) is 11.3 Å². The van der Waals surface area contributed by atoms with Crippen molar-refractivity contribution < 1.29 is 18.3 Å². The number of nitrogens with zero attached hydrogens (tertiary/aromatic N) is 2. The number of aromatic nitrogens is 2. The van der Waals surface area contributed by atoms with Gasteiger partial charge in [0.05, 0.1) is 10.6 Å². The second kappa shape index (κ2) is 6.54. The van der Waals surface area contributed by atoms with Crippen molar-refractivity contribution in [2.24, 2.45) is 5.73 Å². The molecule has 1 amide bonds. The van der Waals surface area contributed by atoms with Crippen molar-refractivity contribution in [3.8, 4) is 10.6 Å². The van der Waals surface area contributed by atoms with Gasteiger partial charge in [0.1, 0.15) is 4.21 Å². The molecule has 0 aromatic carbocycles. The van der Waals surface area contributed by atoms with Gasteiger partial charge in [-0.2, -0.15) is 8.42 Å². The largest absolute Gasteiger partial charge is 0.503 e. The second-order valence-corrected chi connectivity index (χ2v) is 8.16. The van der Waals surface area contributed by atoms with Crippen LogP contribution in [0, 0.1) is 0 Å². The number of hydrogen-bond acceptors (Lipinski definition) is 6. The Labute approximate surface area is 147 Å². The minimum Gasteiger partial charge on any atom is -0.503 e. The molecule has 0 bridgehead atoms. The molecular formula is C16H13N3O4S2. The quantitative estimate of drug-likeness (QED) is 0.524. The molecule has 3 aromatic heterocycles. The highest BCUT2D eigenvalue weighted by atomic mass is 32.2. The molecule has 0 saturated carbocycles. The Morgan fingerprint density at radius 3 is 2.72 bits per heavy atom. The first kappa shape index (κ1) is 16.9. The van der Waals surface area contributed by atoms with Crippen molar-refractivity contribution >= 4 is 33.3 Å². The van der Waals surface area contributed by atoms with Crippen LogP contribution in [0.5, 0.6) is 0 Å². The lowest BCUT2D eigenvalue weighted by Gasteiger charge is -2.02.